The Labute approximate surface area is 170 Å². The molecule has 0 aromatic rings. The molecule has 8 nitrogen and oxygen atoms in total. The van der Waals surface area contributed by atoms with Crippen molar-refractivity contribution in [3.05, 3.63) is 0 Å². The quantitative estimate of drug-likeness (QED) is 0.447. The van der Waals surface area contributed by atoms with Crippen LogP contribution in [-0.2, 0) is 9.53 Å². The highest BCUT2D eigenvalue weighted by Crippen LogP contribution is 2.16. The molecule has 2 aliphatic rings. The first-order valence-electron chi connectivity index (χ1n) is 10.7. The summed E-state index contributed by atoms with van der Waals surface area (Å²) in [6.45, 7) is 13.2. The van der Waals surface area contributed by atoms with Crippen molar-refractivity contribution < 1.29 is 9.53 Å². The van der Waals surface area contributed by atoms with Crippen LogP contribution >= 0.6 is 0 Å². The second-order valence-corrected chi connectivity index (χ2v) is 8.19. The Morgan fingerprint density at radius 3 is 2.36 bits per heavy atom. The molecule has 0 saturated carbocycles. The van der Waals surface area contributed by atoms with Gasteiger partial charge in [0.15, 0.2) is 5.96 Å². The van der Waals surface area contributed by atoms with Crippen LogP contribution < -0.4 is 10.6 Å². The smallest absolute Gasteiger partial charge is 0.234 e. The fourth-order valence-electron chi connectivity index (χ4n) is 3.89. The lowest BCUT2D eigenvalue weighted by Gasteiger charge is -2.37. The number of nitrogens with zero attached hydrogens (tertiary/aromatic N) is 4. The minimum Gasteiger partial charge on any atom is -0.383 e. The predicted molar refractivity (Wildman–Crippen MR) is 114 cm³/mol. The zero-order chi connectivity index (χ0) is 20.4. The van der Waals surface area contributed by atoms with E-state index < -0.39 is 0 Å². The zero-order valence-corrected chi connectivity index (χ0v) is 18.2. The van der Waals surface area contributed by atoms with Gasteiger partial charge in [0.25, 0.3) is 0 Å². The molecule has 0 aromatic heterocycles. The third-order valence-corrected chi connectivity index (χ3v) is 5.57. The van der Waals surface area contributed by atoms with Crippen molar-refractivity contribution >= 4 is 11.9 Å². The van der Waals surface area contributed by atoms with Crippen molar-refractivity contribution in [1.82, 2.24) is 25.3 Å². The van der Waals surface area contributed by atoms with Gasteiger partial charge < -0.3 is 25.2 Å². The van der Waals surface area contributed by atoms with Gasteiger partial charge in [0.2, 0.25) is 5.91 Å². The molecule has 0 spiro atoms. The summed E-state index contributed by atoms with van der Waals surface area (Å²) in [5.41, 5.74) is 0. The lowest BCUT2D eigenvalue weighted by molar-refractivity contribution is -0.123. The molecule has 2 aliphatic heterocycles. The van der Waals surface area contributed by atoms with Gasteiger partial charge in [0.1, 0.15) is 0 Å². The Morgan fingerprint density at radius 1 is 1.11 bits per heavy atom. The first kappa shape index (κ1) is 22.9. The van der Waals surface area contributed by atoms with E-state index in [1.54, 1.807) is 7.11 Å². The summed E-state index contributed by atoms with van der Waals surface area (Å²) >= 11 is 0. The minimum atomic E-state index is 0.114. The highest BCUT2D eigenvalue weighted by Gasteiger charge is 2.23. The third-order valence-electron chi connectivity index (χ3n) is 5.57. The van der Waals surface area contributed by atoms with Gasteiger partial charge in [-0.15, -0.1) is 0 Å². The van der Waals surface area contributed by atoms with Gasteiger partial charge in [0, 0.05) is 59.5 Å². The first-order chi connectivity index (χ1) is 13.5. The van der Waals surface area contributed by atoms with E-state index in [2.05, 4.69) is 30.3 Å². The summed E-state index contributed by atoms with van der Waals surface area (Å²) in [7, 11) is 3.63. The largest absolute Gasteiger partial charge is 0.383 e. The predicted octanol–water partition coefficient (Wildman–Crippen LogP) is 0.0624. The van der Waals surface area contributed by atoms with Crippen LogP contribution in [0.25, 0.3) is 0 Å². The number of carbonyl (C=O) groups is 1. The average Bonchev–Trinajstić information content (AvgIpc) is 2.68. The Kier molecular flexibility index (Phi) is 10.0. The number of hydrogen-bond donors (Lipinski definition) is 2. The fraction of sp³-hybridized carbons (Fsp3) is 0.900. The van der Waals surface area contributed by atoms with Crippen LogP contribution in [0.4, 0.5) is 0 Å². The minimum absolute atomic E-state index is 0.114. The average molecular weight is 397 g/mol. The summed E-state index contributed by atoms with van der Waals surface area (Å²) < 4.78 is 5.18. The fourth-order valence-corrected chi connectivity index (χ4v) is 3.89. The number of rotatable bonds is 8. The summed E-state index contributed by atoms with van der Waals surface area (Å²) in [6.07, 6.45) is 2.46. The lowest BCUT2D eigenvalue weighted by Crippen LogP contribution is -2.54. The summed E-state index contributed by atoms with van der Waals surface area (Å²) in [6, 6.07) is 0.198. The van der Waals surface area contributed by atoms with Gasteiger partial charge in [0.05, 0.1) is 13.2 Å². The van der Waals surface area contributed by atoms with Crippen molar-refractivity contribution in [2.24, 2.45) is 10.9 Å². The molecule has 2 saturated heterocycles. The number of ether oxygens (including phenoxy) is 1. The topological polar surface area (TPSA) is 72.4 Å². The number of amides is 1. The third kappa shape index (κ3) is 7.93. The van der Waals surface area contributed by atoms with Crippen molar-refractivity contribution in [2.45, 2.75) is 32.7 Å². The SMILES string of the molecule is CN=C(NCC1CCN(CCOC)CC1)N1CCN(CC(=O)NC(C)C)CC1. The summed E-state index contributed by atoms with van der Waals surface area (Å²) in [4.78, 5) is 23.4. The maximum absolute atomic E-state index is 11.9. The number of methoxy groups -OCH3 is 1. The number of piperazine rings is 1. The van der Waals surface area contributed by atoms with E-state index in [1.807, 2.05) is 20.9 Å². The van der Waals surface area contributed by atoms with Gasteiger partial charge >= 0.3 is 0 Å². The summed E-state index contributed by atoms with van der Waals surface area (Å²) in [5, 5.41) is 6.55. The standard InChI is InChI=1S/C20H40N6O2/c1-17(2)23-19(27)16-25-9-11-26(12-10-25)20(21-3)22-15-18-5-7-24(8-6-18)13-14-28-4/h17-18H,5-16H2,1-4H3,(H,21,22)(H,23,27). The highest BCUT2D eigenvalue weighted by molar-refractivity contribution is 5.80. The van der Waals surface area contributed by atoms with Crippen molar-refractivity contribution in [1.29, 1.82) is 0 Å². The molecule has 162 valence electrons. The van der Waals surface area contributed by atoms with Gasteiger partial charge in [-0.25, -0.2) is 0 Å². The van der Waals surface area contributed by atoms with Gasteiger partial charge in [-0.3, -0.25) is 14.7 Å². The molecule has 0 aliphatic carbocycles. The molecular weight excluding hydrogens is 356 g/mol. The number of likely N-dealkylation sites (tertiary alicyclic amines) is 1. The van der Waals surface area contributed by atoms with Crippen LogP contribution in [0.5, 0.6) is 0 Å². The second kappa shape index (κ2) is 12.2. The number of hydrogen-bond acceptors (Lipinski definition) is 5. The van der Waals surface area contributed by atoms with E-state index in [4.69, 9.17) is 4.74 Å². The van der Waals surface area contributed by atoms with Crippen LogP contribution in [0.3, 0.4) is 0 Å². The molecule has 2 fully saturated rings. The van der Waals surface area contributed by atoms with Crippen LogP contribution in [-0.4, -0.2) is 112 Å². The number of aliphatic imine (C=N–C) groups is 1. The number of guanidine groups is 1. The number of nitrogens with one attached hydrogen (secondary N) is 2. The molecule has 2 heterocycles. The molecule has 8 heteroatoms. The molecule has 0 unspecified atom stereocenters. The maximum Gasteiger partial charge on any atom is 0.234 e. The molecule has 0 bridgehead atoms. The Balaban J connectivity index is 1.66. The second-order valence-electron chi connectivity index (χ2n) is 8.19. The molecule has 0 atom stereocenters. The first-order valence-corrected chi connectivity index (χ1v) is 10.7. The van der Waals surface area contributed by atoms with E-state index >= 15 is 0 Å². The number of carbonyl (C=O) groups excluding carboxylic acids is 1. The van der Waals surface area contributed by atoms with Crippen molar-refractivity contribution in [3.8, 4) is 0 Å². The highest BCUT2D eigenvalue weighted by atomic mass is 16.5. The number of piperidine rings is 1. The van der Waals surface area contributed by atoms with Gasteiger partial charge in [-0.05, 0) is 45.7 Å². The van der Waals surface area contributed by atoms with Crippen molar-refractivity contribution in [3.63, 3.8) is 0 Å². The van der Waals surface area contributed by atoms with E-state index in [1.165, 1.54) is 12.8 Å². The molecule has 2 rings (SSSR count). The van der Waals surface area contributed by atoms with E-state index in [-0.39, 0.29) is 11.9 Å². The summed E-state index contributed by atoms with van der Waals surface area (Å²) in [5.74, 6) is 1.81. The molecule has 0 aromatic carbocycles. The van der Waals surface area contributed by atoms with E-state index in [0.29, 0.717) is 12.5 Å². The van der Waals surface area contributed by atoms with E-state index in [0.717, 1.165) is 64.9 Å². The van der Waals surface area contributed by atoms with Crippen LogP contribution in [0.2, 0.25) is 0 Å². The van der Waals surface area contributed by atoms with E-state index in [9.17, 15) is 4.79 Å². The molecule has 2 N–H and O–H groups in total. The zero-order valence-electron chi connectivity index (χ0n) is 18.2. The Bertz CT molecular complexity index is 483. The Hall–Kier alpha value is -1.38. The monoisotopic (exact) mass is 396 g/mol. The van der Waals surface area contributed by atoms with Crippen LogP contribution in [0, 0.1) is 5.92 Å². The molecule has 1 amide bonds. The maximum atomic E-state index is 11.9. The lowest BCUT2D eigenvalue weighted by atomic mass is 9.97. The Morgan fingerprint density at radius 2 is 1.79 bits per heavy atom. The molecular formula is C20H40N6O2. The van der Waals surface area contributed by atoms with Crippen molar-refractivity contribution in [2.75, 3.05) is 79.7 Å². The van der Waals surface area contributed by atoms with Gasteiger partial charge in [-0.1, -0.05) is 0 Å². The normalized spacial score (nSPS) is 20.6. The van der Waals surface area contributed by atoms with Crippen LogP contribution in [0.1, 0.15) is 26.7 Å². The molecule has 28 heavy (non-hydrogen) atoms. The molecule has 0 radical (unpaired) electrons. The van der Waals surface area contributed by atoms with Crippen LogP contribution in [0.15, 0.2) is 4.99 Å². The van der Waals surface area contributed by atoms with Gasteiger partial charge in [-0.2, -0.15) is 0 Å².